The Morgan fingerprint density at radius 2 is 2.17 bits per heavy atom. The number of fused-ring (bicyclic) bond motifs is 1. The van der Waals surface area contributed by atoms with Crippen molar-refractivity contribution in [1.82, 2.24) is 10.3 Å². The van der Waals surface area contributed by atoms with E-state index in [-0.39, 0.29) is 17.9 Å². The van der Waals surface area contributed by atoms with E-state index < -0.39 is 6.04 Å². The van der Waals surface area contributed by atoms with Crippen molar-refractivity contribution in [2.45, 2.75) is 38.3 Å². The van der Waals surface area contributed by atoms with Crippen LogP contribution < -0.4 is 11.1 Å². The minimum atomic E-state index is -0.447. The molecule has 0 aliphatic carbocycles. The zero-order valence-corrected chi connectivity index (χ0v) is 14.1. The number of carbonyl (C=O) groups excluding carboxylic acids is 1. The lowest BCUT2D eigenvalue weighted by molar-refractivity contribution is -0.124. The van der Waals surface area contributed by atoms with Crippen molar-refractivity contribution >= 4 is 27.5 Å². The van der Waals surface area contributed by atoms with Gasteiger partial charge in [0.05, 0.1) is 21.3 Å². The second-order valence-corrected chi connectivity index (χ2v) is 7.28. The third-order valence-corrected chi connectivity index (χ3v) is 5.34. The van der Waals surface area contributed by atoms with Gasteiger partial charge in [0, 0.05) is 25.7 Å². The Bertz CT molecular complexity index is 634. The molecule has 1 aliphatic rings. The van der Waals surface area contributed by atoms with E-state index in [0.717, 1.165) is 29.8 Å². The van der Waals surface area contributed by atoms with Crippen molar-refractivity contribution in [2.24, 2.45) is 11.7 Å². The molecular formula is C17H23N3O2S. The molecule has 5 nitrogen and oxygen atoms in total. The van der Waals surface area contributed by atoms with Gasteiger partial charge in [-0.3, -0.25) is 4.79 Å². The summed E-state index contributed by atoms with van der Waals surface area (Å²) in [5.74, 6) is 0.156. The first-order chi connectivity index (χ1) is 11.1. The maximum absolute atomic E-state index is 12.3. The van der Waals surface area contributed by atoms with Crippen LogP contribution in [0.3, 0.4) is 0 Å². The van der Waals surface area contributed by atoms with E-state index in [4.69, 9.17) is 10.5 Å². The number of amides is 1. The first-order valence-electron chi connectivity index (χ1n) is 8.11. The van der Waals surface area contributed by atoms with E-state index >= 15 is 0 Å². The summed E-state index contributed by atoms with van der Waals surface area (Å²) in [5.41, 5.74) is 7.13. The number of nitrogens with zero attached hydrogens (tertiary/aromatic N) is 1. The van der Waals surface area contributed by atoms with Crippen molar-refractivity contribution in [3.05, 3.63) is 29.3 Å². The van der Waals surface area contributed by atoms with Gasteiger partial charge in [-0.1, -0.05) is 12.1 Å². The molecule has 2 unspecified atom stereocenters. The van der Waals surface area contributed by atoms with Crippen LogP contribution in [0.4, 0.5) is 0 Å². The Hall–Kier alpha value is -1.50. The Morgan fingerprint density at radius 3 is 2.91 bits per heavy atom. The fraction of sp³-hybridized carbons (Fsp3) is 0.529. The summed E-state index contributed by atoms with van der Waals surface area (Å²) in [6.45, 7) is 3.40. The molecular weight excluding hydrogens is 310 g/mol. The average Bonchev–Trinajstić information content (AvgIpc) is 2.96. The summed E-state index contributed by atoms with van der Waals surface area (Å²) in [6.07, 6.45) is 2.45. The van der Waals surface area contributed by atoms with Crippen LogP contribution in [0.5, 0.6) is 0 Å². The van der Waals surface area contributed by atoms with Gasteiger partial charge in [0.25, 0.3) is 0 Å². The maximum atomic E-state index is 12.3. The first-order valence-corrected chi connectivity index (χ1v) is 8.93. The number of thiazole rings is 1. The van der Waals surface area contributed by atoms with Crippen molar-refractivity contribution in [1.29, 1.82) is 0 Å². The highest BCUT2D eigenvalue weighted by atomic mass is 32.1. The Labute approximate surface area is 140 Å². The molecule has 1 amide bonds. The normalized spacial score (nSPS) is 18.7. The van der Waals surface area contributed by atoms with E-state index in [1.54, 1.807) is 11.3 Å². The average molecular weight is 333 g/mol. The Balaban J connectivity index is 1.55. The maximum Gasteiger partial charge on any atom is 0.237 e. The molecule has 2 aromatic rings. The number of para-hydroxylation sites is 1. The monoisotopic (exact) mass is 333 g/mol. The zero-order chi connectivity index (χ0) is 16.2. The number of aromatic nitrogens is 1. The van der Waals surface area contributed by atoms with Crippen LogP contribution in [0.1, 0.15) is 24.8 Å². The molecule has 1 aromatic heterocycles. The van der Waals surface area contributed by atoms with Gasteiger partial charge in [0.2, 0.25) is 5.91 Å². The third kappa shape index (κ3) is 4.07. The fourth-order valence-electron chi connectivity index (χ4n) is 2.95. The lowest BCUT2D eigenvalue weighted by Crippen LogP contribution is -2.49. The molecule has 0 spiro atoms. The molecule has 23 heavy (non-hydrogen) atoms. The predicted molar refractivity (Wildman–Crippen MR) is 92.4 cm³/mol. The molecule has 1 fully saturated rings. The van der Waals surface area contributed by atoms with Crippen LogP contribution in [0.25, 0.3) is 10.2 Å². The van der Waals surface area contributed by atoms with Crippen LogP contribution in [-0.4, -0.2) is 36.2 Å². The second kappa shape index (κ2) is 7.38. The molecule has 0 saturated carbocycles. The highest BCUT2D eigenvalue weighted by molar-refractivity contribution is 7.18. The molecule has 2 heterocycles. The van der Waals surface area contributed by atoms with Gasteiger partial charge < -0.3 is 15.8 Å². The van der Waals surface area contributed by atoms with E-state index in [2.05, 4.69) is 16.4 Å². The summed E-state index contributed by atoms with van der Waals surface area (Å²) in [6, 6.07) is 7.66. The van der Waals surface area contributed by atoms with E-state index in [0.29, 0.717) is 13.2 Å². The van der Waals surface area contributed by atoms with Gasteiger partial charge in [-0.2, -0.15) is 0 Å². The topological polar surface area (TPSA) is 77.2 Å². The molecule has 124 valence electrons. The van der Waals surface area contributed by atoms with Crippen LogP contribution in [0.15, 0.2) is 24.3 Å². The highest BCUT2D eigenvalue weighted by Crippen LogP contribution is 2.22. The molecule has 0 bridgehead atoms. The lowest BCUT2D eigenvalue weighted by atomic mass is 9.91. The second-order valence-electron chi connectivity index (χ2n) is 6.16. The summed E-state index contributed by atoms with van der Waals surface area (Å²) in [5, 5.41) is 4.07. The number of hydrogen-bond acceptors (Lipinski definition) is 5. The van der Waals surface area contributed by atoms with Gasteiger partial charge in [-0.05, 0) is 37.8 Å². The lowest BCUT2D eigenvalue weighted by Gasteiger charge is -2.27. The van der Waals surface area contributed by atoms with Crippen molar-refractivity contribution in [3.63, 3.8) is 0 Å². The summed E-state index contributed by atoms with van der Waals surface area (Å²) in [7, 11) is 0. The number of ether oxygens (including phenoxy) is 1. The largest absolute Gasteiger partial charge is 0.381 e. The molecule has 1 aromatic carbocycles. The molecule has 6 heteroatoms. The van der Waals surface area contributed by atoms with Crippen molar-refractivity contribution in [2.75, 3.05) is 13.2 Å². The fourth-order valence-corrected chi connectivity index (χ4v) is 4.04. The van der Waals surface area contributed by atoms with E-state index in [9.17, 15) is 4.79 Å². The number of benzene rings is 1. The highest BCUT2D eigenvalue weighted by Gasteiger charge is 2.27. The summed E-state index contributed by atoms with van der Waals surface area (Å²) >= 11 is 1.68. The molecule has 1 saturated heterocycles. The molecule has 3 rings (SSSR count). The molecule has 0 radical (unpaired) electrons. The van der Waals surface area contributed by atoms with Crippen molar-refractivity contribution in [3.8, 4) is 0 Å². The summed E-state index contributed by atoms with van der Waals surface area (Å²) in [4.78, 5) is 16.9. The molecule has 2 atom stereocenters. The Morgan fingerprint density at radius 1 is 1.43 bits per heavy atom. The van der Waals surface area contributed by atoms with Crippen LogP contribution in [0.2, 0.25) is 0 Å². The number of nitrogens with one attached hydrogen (secondary N) is 1. The minimum Gasteiger partial charge on any atom is -0.381 e. The number of rotatable bonds is 5. The van der Waals surface area contributed by atoms with E-state index in [1.165, 1.54) is 4.70 Å². The van der Waals surface area contributed by atoms with E-state index in [1.807, 2.05) is 25.1 Å². The first kappa shape index (κ1) is 16.4. The number of hydrogen-bond donors (Lipinski definition) is 2. The van der Waals surface area contributed by atoms with Gasteiger partial charge >= 0.3 is 0 Å². The smallest absolute Gasteiger partial charge is 0.237 e. The van der Waals surface area contributed by atoms with Gasteiger partial charge in [-0.15, -0.1) is 11.3 Å². The predicted octanol–water partition coefficient (Wildman–Crippen LogP) is 2.10. The van der Waals surface area contributed by atoms with Gasteiger partial charge in [-0.25, -0.2) is 4.98 Å². The zero-order valence-electron chi connectivity index (χ0n) is 13.3. The SMILES string of the molecule is CC(Cc1nc2ccccc2s1)NC(=O)C(N)C1CCOCC1. The summed E-state index contributed by atoms with van der Waals surface area (Å²) < 4.78 is 6.50. The van der Waals surface area contributed by atoms with Crippen LogP contribution in [0, 0.1) is 5.92 Å². The minimum absolute atomic E-state index is 0.0222. The van der Waals surface area contributed by atoms with Gasteiger partial charge in [0.15, 0.2) is 0 Å². The van der Waals surface area contributed by atoms with Gasteiger partial charge in [0.1, 0.15) is 0 Å². The van der Waals surface area contributed by atoms with Crippen LogP contribution >= 0.6 is 11.3 Å². The van der Waals surface area contributed by atoms with Crippen molar-refractivity contribution < 1.29 is 9.53 Å². The quantitative estimate of drug-likeness (QED) is 0.878. The molecule has 1 aliphatic heterocycles. The molecule has 3 N–H and O–H groups in total. The number of nitrogens with two attached hydrogens (primary N) is 1. The van der Waals surface area contributed by atoms with Crippen LogP contribution in [-0.2, 0) is 16.0 Å². The standard InChI is InChI=1S/C17H23N3O2S/c1-11(10-15-20-13-4-2-3-5-14(13)23-15)19-17(21)16(18)12-6-8-22-9-7-12/h2-5,11-12,16H,6-10,18H2,1H3,(H,19,21). The number of carbonyl (C=O) groups is 1. The Kier molecular flexibility index (Phi) is 5.25. The third-order valence-electron chi connectivity index (χ3n) is 4.28.